The molecule has 1 amide bonds. The number of nitrogens with zero attached hydrogens (tertiary/aromatic N) is 2. The molecule has 0 aliphatic heterocycles. The quantitative estimate of drug-likeness (QED) is 0.254. The highest BCUT2D eigenvalue weighted by atomic mass is 16.6. The minimum absolute atomic E-state index is 0.0989. The maximum Gasteiger partial charge on any atom is 0.271 e. The predicted molar refractivity (Wildman–Crippen MR) is 89.9 cm³/mol. The first-order chi connectivity index (χ1) is 11.5. The van der Waals surface area contributed by atoms with Crippen LogP contribution in [0.25, 0.3) is 0 Å². The number of hydrogen-bond donors (Lipinski definition) is 3. The van der Waals surface area contributed by atoms with Crippen LogP contribution in [0.15, 0.2) is 60.3 Å². The van der Waals surface area contributed by atoms with Gasteiger partial charge in [0.15, 0.2) is 0 Å². The lowest BCUT2D eigenvalue weighted by molar-refractivity contribution is -0.384. The summed E-state index contributed by atoms with van der Waals surface area (Å²) in [5, 5.41) is 25.1. The minimum Gasteiger partial charge on any atom is -0.399 e. The van der Waals surface area contributed by atoms with Crippen LogP contribution in [0.4, 0.5) is 22.7 Å². The number of carbonyl (C=O) groups is 1. The second-order valence-corrected chi connectivity index (χ2v) is 4.70. The van der Waals surface area contributed by atoms with Crippen molar-refractivity contribution in [2.45, 2.75) is 0 Å². The standard InChI is InChI=1S/C16H13N5O3/c17-9-11(16(22)20-13-6-4-12(18)5-7-13)10-19-14-2-1-3-15(8-14)21(23)24/h1-8,10,19H,18H2,(H,20,22)/b11-10-. The highest BCUT2D eigenvalue weighted by molar-refractivity contribution is 6.06. The number of non-ortho nitro benzene ring substituents is 1. The number of benzene rings is 2. The molecule has 0 spiro atoms. The van der Waals surface area contributed by atoms with Crippen LogP contribution in [0.3, 0.4) is 0 Å². The second-order valence-electron chi connectivity index (χ2n) is 4.70. The van der Waals surface area contributed by atoms with Gasteiger partial charge in [0.1, 0.15) is 11.6 Å². The summed E-state index contributed by atoms with van der Waals surface area (Å²) in [6, 6.07) is 13.9. The van der Waals surface area contributed by atoms with E-state index in [1.165, 1.54) is 24.4 Å². The highest BCUT2D eigenvalue weighted by Gasteiger charge is 2.10. The summed E-state index contributed by atoms with van der Waals surface area (Å²) >= 11 is 0. The molecule has 4 N–H and O–H groups in total. The number of nitro benzene ring substituents is 1. The summed E-state index contributed by atoms with van der Waals surface area (Å²) in [6.45, 7) is 0. The van der Waals surface area contributed by atoms with Gasteiger partial charge in [-0.15, -0.1) is 0 Å². The average molecular weight is 323 g/mol. The van der Waals surface area contributed by atoms with E-state index in [9.17, 15) is 14.9 Å². The van der Waals surface area contributed by atoms with Gasteiger partial charge < -0.3 is 16.4 Å². The van der Waals surface area contributed by atoms with Crippen molar-refractivity contribution in [2.75, 3.05) is 16.4 Å². The normalized spacial score (nSPS) is 10.5. The van der Waals surface area contributed by atoms with Crippen LogP contribution in [0.1, 0.15) is 0 Å². The van der Waals surface area contributed by atoms with Gasteiger partial charge in [-0.25, -0.2) is 0 Å². The molecule has 0 saturated carbocycles. The van der Waals surface area contributed by atoms with E-state index in [0.29, 0.717) is 17.1 Å². The fourth-order valence-electron chi connectivity index (χ4n) is 1.78. The largest absolute Gasteiger partial charge is 0.399 e. The molecule has 8 nitrogen and oxygen atoms in total. The number of nitro groups is 1. The molecule has 0 fully saturated rings. The molecule has 0 atom stereocenters. The van der Waals surface area contributed by atoms with Crippen LogP contribution < -0.4 is 16.4 Å². The molecule has 0 saturated heterocycles. The van der Waals surface area contributed by atoms with Gasteiger partial charge in [0, 0.05) is 35.4 Å². The first-order valence-electron chi connectivity index (χ1n) is 6.78. The van der Waals surface area contributed by atoms with Crippen molar-refractivity contribution in [1.29, 1.82) is 5.26 Å². The lowest BCUT2D eigenvalue weighted by Gasteiger charge is -2.05. The maximum atomic E-state index is 12.0. The molecule has 120 valence electrons. The van der Waals surface area contributed by atoms with Crippen molar-refractivity contribution >= 4 is 28.7 Å². The Bertz CT molecular complexity index is 838. The van der Waals surface area contributed by atoms with E-state index in [1.54, 1.807) is 36.4 Å². The number of amides is 1. The zero-order valence-corrected chi connectivity index (χ0v) is 12.4. The zero-order chi connectivity index (χ0) is 17.5. The van der Waals surface area contributed by atoms with Crippen LogP contribution >= 0.6 is 0 Å². The molecule has 2 rings (SSSR count). The van der Waals surface area contributed by atoms with Crippen molar-refractivity contribution in [1.82, 2.24) is 0 Å². The van der Waals surface area contributed by atoms with Gasteiger partial charge in [-0.3, -0.25) is 14.9 Å². The van der Waals surface area contributed by atoms with E-state index >= 15 is 0 Å². The van der Waals surface area contributed by atoms with Crippen LogP contribution in [0, 0.1) is 21.4 Å². The van der Waals surface area contributed by atoms with Crippen molar-refractivity contribution < 1.29 is 9.72 Å². The fraction of sp³-hybridized carbons (Fsp3) is 0. The molecule has 0 aliphatic carbocycles. The van der Waals surface area contributed by atoms with Gasteiger partial charge in [-0.1, -0.05) is 6.07 Å². The Morgan fingerprint density at radius 3 is 2.54 bits per heavy atom. The Morgan fingerprint density at radius 1 is 1.21 bits per heavy atom. The van der Waals surface area contributed by atoms with Gasteiger partial charge in [0.25, 0.3) is 11.6 Å². The van der Waals surface area contributed by atoms with Crippen LogP contribution in [-0.2, 0) is 4.79 Å². The molecule has 24 heavy (non-hydrogen) atoms. The number of nitriles is 1. The highest BCUT2D eigenvalue weighted by Crippen LogP contribution is 2.17. The summed E-state index contributed by atoms with van der Waals surface area (Å²) in [7, 11) is 0. The van der Waals surface area contributed by atoms with Gasteiger partial charge in [-0.2, -0.15) is 5.26 Å². The van der Waals surface area contributed by atoms with Crippen LogP contribution in [0.5, 0.6) is 0 Å². The molecule has 0 radical (unpaired) electrons. The third-order valence-electron chi connectivity index (χ3n) is 2.97. The van der Waals surface area contributed by atoms with E-state index in [4.69, 9.17) is 11.0 Å². The lowest BCUT2D eigenvalue weighted by Crippen LogP contribution is -2.14. The van der Waals surface area contributed by atoms with E-state index in [2.05, 4.69) is 10.6 Å². The number of nitrogen functional groups attached to an aromatic ring is 1. The second kappa shape index (κ2) is 7.42. The molecule has 2 aromatic rings. The number of hydrogen-bond acceptors (Lipinski definition) is 6. The average Bonchev–Trinajstić information content (AvgIpc) is 2.57. The summed E-state index contributed by atoms with van der Waals surface area (Å²) in [5.74, 6) is -0.611. The third-order valence-corrected chi connectivity index (χ3v) is 2.97. The topological polar surface area (TPSA) is 134 Å². The Balaban J connectivity index is 2.10. The summed E-state index contributed by atoms with van der Waals surface area (Å²) in [6.07, 6.45) is 1.19. The Labute approximate surface area is 137 Å². The van der Waals surface area contributed by atoms with Gasteiger partial charge in [0.2, 0.25) is 0 Å². The number of rotatable bonds is 5. The van der Waals surface area contributed by atoms with Crippen molar-refractivity contribution in [3.8, 4) is 6.07 Å². The number of carbonyl (C=O) groups excluding carboxylic acids is 1. The van der Waals surface area contributed by atoms with Crippen LogP contribution in [0.2, 0.25) is 0 Å². The SMILES string of the molecule is N#C/C(=C/Nc1cccc([N+](=O)[O-])c1)C(=O)Nc1ccc(N)cc1. The fourth-order valence-corrected chi connectivity index (χ4v) is 1.78. The van der Waals surface area contributed by atoms with Crippen molar-refractivity contribution in [2.24, 2.45) is 0 Å². The Morgan fingerprint density at radius 2 is 1.92 bits per heavy atom. The summed E-state index contributed by atoms with van der Waals surface area (Å²) in [5.41, 5.74) is 6.70. The minimum atomic E-state index is -0.611. The third kappa shape index (κ3) is 4.32. The first kappa shape index (κ1) is 16.5. The predicted octanol–water partition coefficient (Wildman–Crippen LogP) is 2.64. The molecule has 2 aromatic carbocycles. The van der Waals surface area contributed by atoms with Gasteiger partial charge >= 0.3 is 0 Å². The van der Waals surface area contributed by atoms with Crippen LogP contribution in [-0.4, -0.2) is 10.8 Å². The zero-order valence-electron chi connectivity index (χ0n) is 12.4. The smallest absolute Gasteiger partial charge is 0.271 e. The van der Waals surface area contributed by atoms with Crippen molar-refractivity contribution in [3.05, 3.63) is 70.4 Å². The van der Waals surface area contributed by atoms with Gasteiger partial charge in [0.05, 0.1) is 4.92 Å². The number of nitrogens with one attached hydrogen (secondary N) is 2. The first-order valence-corrected chi connectivity index (χ1v) is 6.78. The Kier molecular flexibility index (Phi) is 5.10. The van der Waals surface area contributed by atoms with Crippen molar-refractivity contribution in [3.63, 3.8) is 0 Å². The molecule has 0 heterocycles. The molecule has 0 aliphatic rings. The van der Waals surface area contributed by atoms with E-state index in [0.717, 1.165) is 0 Å². The molecule has 0 aromatic heterocycles. The summed E-state index contributed by atoms with van der Waals surface area (Å²) < 4.78 is 0. The Hall–Kier alpha value is -3.86. The van der Waals surface area contributed by atoms with E-state index in [1.807, 2.05) is 0 Å². The number of anilines is 3. The van der Waals surface area contributed by atoms with Gasteiger partial charge in [-0.05, 0) is 30.3 Å². The number of nitrogens with two attached hydrogens (primary N) is 1. The molecular weight excluding hydrogens is 310 g/mol. The monoisotopic (exact) mass is 323 g/mol. The van der Waals surface area contributed by atoms with E-state index in [-0.39, 0.29) is 11.3 Å². The molecule has 8 heteroatoms. The van der Waals surface area contributed by atoms with E-state index < -0.39 is 10.8 Å². The molecular formula is C16H13N5O3. The lowest BCUT2D eigenvalue weighted by atomic mass is 10.2. The summed E-state index contributed by atoms with van der Waals surface area (Å²) in [4.78, 5) is 22.2. The molecule has 0 unspecified atom stereocenters. The maximum absolute atomic E-state index is 12.0. The molecule has 0 bridgehead atoms.